The van der Waals surface area contributed by atoms with Crippen LogP contribution in [-0.2, 0) is 27.1 Å². The zero-order valence-electron chi connectivity index (χ0n) is 16.5. The molecule has 1 saturated carbocycles. The largest absolute Gasteiger partial charge is 0.435 e. The van der Waals surface area contributed by atoms with Gasteiger partial charge in [-0.3, -0.25) is 4.79 Å². The summed E-state index contributed by atoms with van der Waals surface area (Å²) in [6.45, 7) is 9.09. The van der Waals surface area contributed by atoms with Crippen LogP contribution < -0.4 is 0 Å². The van der Waals surface area contributed by atoms with Crippen molar-refractivity contribution in [2.45, 2.75) is 72.2 Å². The van der Waals surface area contributed by atoms with E-state index in [1.807, 2.05) is 0 Å². The van der Waals surface area contributed by atoms with Crippen LogP contribution in [0.1, 0.15) is 58.1 Å². The van der Waals surface area contributed by atoms with Crippen molar-refractivity contribution in [3.63, 3.8) is 0 Å². The molecule has 26 heavy (non-hydrogen) atoms. The summed E-state index contributed by atoms with van der Waals surface area (Å²) in [6, 6.07) is 8.49. The third-order valence-corrected chi connectivity index (χ3v) is 7.22. The van der Waals surface area contributed by atoms with Gasteiger partial charge in [-0.25, -0.2) is 0 Å². The van der Waals surface area contributed by atoms with E-state index in [4.69, 9.17) is 9.47 Å². The molecule has 0 bridgehead atoms. The monoisotopic (exact) mass is 356 g/mol. The minimum absolute atomic E-state index is 0.0723. The van der Waals surface area contributed by atoms with Gasteiger partial charge in [0.1, 0.15) is 0 Å². The van der Waals surface area contributed by atoms with Gasteiger partial charge in [0.15, 0.2) is 0 Å². The summed E-state index contributed by atoms with van der Waals surface area (Å²) in [5, 5.41) is 0. The maximum absolute atomic E-state index is 12.7. The van der Waals surface area contributed by atoms with Gasteiger partial charge in [-0.15, -0.1) is 0 Å². The zero-order chi connectivity index (χ0) is 18.5. The lowest BCUT2D eigenvalue weighted by molar-refractivity contribution is -0.211. The van der Waals surface area contributed by atoms with Gasteiger partial charge >= 0.3 is 5.97 Å². The number of carbonyl (C=O) groups is 1. The van der Waals surface area contributed by atoms with Crippen LogP contribution in [0.2, 0.25) is 0 Å². The summed E-state index contributed by atoms with van der Waals surface area (Å²) >= 11 is 0. The number of benzene rings is 1. The first-order valence-electron chi connectivity index (χ1n) is 10.3. The summed E-state index contributed by atoms with van der Waals surface area (Å²) in [6.07, 6.45) is 5.00. The van der Waals surface area contributed by atoms with Crippen molar-refractivity contribution in [3.8, 4) is 0 Å². The number of cyclic esters (lactones) is 1. The van der Waals surface area contributed by atoms with Crippen LogP contribution in [0.25, 0.3) is 0 Å². The van der Waals surface area contributed by atoms with Crippen molar-refractivity contribution in [3.05, 3.63) is 35.4 Å². The second kappa shape index (κ2) is 6.67. The molecule has 1 aromatic rings. The van der Waals surface area contributed by atoms with E-state index in [0.29, 0.717) is 17.8 Å². The van der Waals surface area contributed by atoms with E-state index in [2.05, 4.69) is 52.0 Å². The second-order valence-corrected chi connectivity index (χ2v) is 9.48. The van der Waals surface area contributed by atoms with E-state index in [1.54, 1.807) is 0 Å². The number of ether oxygens (including phenoxy) is 2. The highest BCUT2D eigenvalue weighted by atomic mass is 16.7. The molecule has 1 heterocycles. The molecular weight excluding hydrogens is 324 g/mol. The van der Waals surface area contributed by atoms with Crippen molar-refractivity contribution in [1.29, 1.82) is 0 Å². The molecule has 3 nitrogen and oxygen atoms in total. The molecule has 0 aromatic heterocycles. The first kappa shape index (κ1) is 18.0. The quantitative estimate of drug-likeness (QED) is 0.732. The van der Waals surface area contributed by atoms with Gasteiger partial charge in [0.2, 0.25) is 6.29 Å². The van der Waals surface area contributed by atoms with E-state index < -0.39 is 6.29 Å². The molecule has 0 amide bonds. The predicted octanol–water partition coefficient (Wildman–Crippen LogP) is 4.77. The molecule has 3 aliphatic rings. The lowest BCUT2D eigenvalue weighted by Crippen LogP contribution is -2.45. The van der Waals surface area contributed by atoms with Gasteiger partial charge in [-0.2, -0.15) is 0 Å². The van der Waals surface area contributed by atoms with Gasteiger partial charge in [0.05, 0.1) is 12.0 Å². The number of rotatable bonds is 3. The van der Waals surface area contributed by atoms with Crippen LogP contribution >= 0.6 is 0 Å². The van der Waals surface area contributed by atoms with Gasteiger partial charge in [0, 0.05) is 5.41 Å². The lowest BCUT2D eigenvalue weighted by atomic mass is 9.66. The fourth-order valence-electron chi connectivity index (χ4n) is 5.45. The van der Waals surface area contributed by atoms with E-state index in [0.717, 1.165) is 19.3 Å². The highest BCUT2D eigenvalue weighted by Crippen LogP contribution is 2.50. The minimum atomic E-state index is -0.412. The predicted molar refractivity (Wildman–Crippen MR) is 102 cm³/mol. The SMILES string of the molecule is CC(C)[C@@H]1CC[C@@H](C)CC1O[C@H]1OC(=O)[C@@H]2Cc3ccccc3C[C@]12C. The maximum atomic E-state index is 12.7. The molecule has 1 aliphatic heterocycles. The Kier molecular flexibility index (Phi) is 4.63. The highest BCUT2D eigenvalue weighted by Gasteiger charge is 2.57. The molecule has 6 atom stereocenters. The molecule has 4 rings (SSSR count). The molecule has 1 unspecified atom stereocenters. The number of carbonyl (C=O) groups excluding carboxylic acids is 1. The molecule has 3 heteroatoms. The zero-order valence-corrected chi connectivity index (χ0v) is 16.5. The number of hydrogen-bond acceptors (Lipinski definition) is 3. The Morgan fingerprint density at radius 3 is 2.65 bits per heavy atom. The van der Waals surface area contributed by atoms with Crippen molar-refractivity contribution < 1.29 is 14.3 Å². The van der Waals surface area contributed by atoms with Crippen LogP contribution in [-0.4, -0.2) is 18.4 Å². The number of fused-ring (bicyclic) bond motifs is 2. The Morgan fingerprint density at radius 1 is 1.19 bits per heavy atom. The Balaban J connectivity index is 1.58. The average Bonchev–Trinajstić information content (AvgIpc) is 2.83. The molecule has 0 N–H and O–H groups in total. The van der Waals surface area contributed by atoms with E-state index in [-0.39, 0.29) is 23.4 Å². The van der Waals surface area contributed by atoms with Gasteiger partial charge < -0.3 is 9.47 Å². The maximum Gasteiger partial charge on any atom is 0.312 e. The van der Waals surface area contributed by atoms with Gasteiger partial charge in [0.25, 0.3) is 0 Å². The first-order valence-corrected chi connectivity index (χ1v) is 10.3. The van der Waals surface area contributed by atoms with Gasteiger partial charge in [-0.05, 0) is 54.6 Å². The summed E-state index contributed by atoms with van der Waals surface area (Å²) < 4.78 is 12.5. The topological polar surface area (TPSA) is 35.5 Å². The summed E-state index contributed by atoms with van der Waals surface area (Å²) in [5.41, 5.74) is 2.38. The van der Waals surface area contributed by atoms with Gasteiger partial charge in [-0.1, -0.05) is 58.4 Å². The molecule has 2 aliphatic carbocycles. The standard InChI is InChI=1S/C23H32O3/c1-14(2)18-10-9-15(3)11-20(18)25-22-23(4)13-17-8-6-5-7-16(17)12-19(23)21(24)26-22/h5-8,14-15,18-20,22H,9-13H2,1-4H3/t15-,18+,19+,20?,22+,23+/m1/s1. The molecule has 0 spiro atoms. The van der Waals surface area contributed by atoms with Crippen molar-refractivity contribution in [1.82, 2.24) is 0 Å². The van der Waals surface area contributed by atoms with Crippen LogP contribution in [0.15, 0.2) is 24.3 Å². The van der Waals surface area contributed by atoms with Crippen molar-refractivity contribution in [2.75, 3.05) is 0 Å². The number of hydrogen-bond donors (Lipinski definition) is 0. The Morgan fingerprint density at radius 2 is 1.92 bits per heavy atom. The summed E-state index contributed by atoms with van der Waals surface area (Å²) in [4.78, 5) is 12.7. The third kappa shape index (κ3) is 2.98. The summed E-state index contributed by atoms with van der Waals surface area (Å²) in [7, 11) is 0. The van der Waals surface area contributed by atoms with Crippen molar-refractivity contribution in [2.24, 2.45) is 29.1 Å². The van der Waals surface area contributed by atoms with Crippen LogP contribution in [0.5, 0.6) is 0 Å². The number of esters is 1. The Bertz CT molecular complexity index is 682. The van der Waals surface area contributed by atoms with Crippen LogP contribution in [0.4, 0.5) is 0 Å². The second-order valence-electron chi connectivity index (χ2n) is 9.48. The van der Waals surface area contributed by atoms with E-state index in [9.17, 15) is 4.79 Å². The fourth-order valence-corrected chi connectivity index (χ4v) is 5.45. The highest BCUT2D eigenvalue weighted by molar-refractivity contribution is 5.77. The lowest BCUT2D eigenvalue weighted by Gasteiger charge is -2.42. The molecule has 1 saturated heterocycles. The van der Waals surface area contributed by atoms with Crippen molar-refractivity contribution >= 4 is 5.97 Å². The Hall–Kier alpha value is -1.35. The average molecular weight is 357 g/mol. The smallest absolute Gasteiger partial charge is 0.312 e. The molecule has 0 radical (unpaired) electrons. The minimum Gasteiger partial charge on any atom is -0.435 e. The molecule has 142 valence electrons. The molecular formula is C23H32O3. The van der Waals surface area contributed by atoms with Crippen LogP contribution in [0, 0.1) is 29.1 Å². The molecule has 1 aromatic carbocycles. The summed E-state index contributed by atoms with van der Waals surface area (Å²) in [5.74, 6) is 1.68. The van der Waals surface area contributed by atoms with E-state index >= 15 is 0 Å². The van der Waals surface area contributed by atoms with Crippen LogP contribution in [0.3, 0.4) is 0 Å². The first-order chi connectivity index (χ1) is 12.4. The third-order valence-electron chi connectivity index (χ3n) is 7.22. The normalized spacial score (nSPS) is 39.4. The van der Waals surface area contributed by atoms with E-state index in [1.165, 1.54) is 24.0 Å². The fraction of sp³-hybridized carbons (Fsp3) is 0.696. The molecule has 2 fully saturated rings. The Labute approximate surface area is 157 Å².